The standard InChI is InChI=1S/C24H26Cl2FNO2/c25-16-11-9-15(10-12-16)20-19(13-14-5-2-1-3-6-14)28-23(24(29)30)21(20)17-7-4-8-18(26)22(17)27/h4,7-12,14,19-21,23,28H,1-3,5-6,13H2,(H,29,30). The summed E-state index contributed by atoms with van der Waals surface area (Å²) in [5, 5.41) is 14.0. The first-order valence-electron chi connectivity index (χ1n) is 10.6. The van der Waals surface area contributed by atoms with Crippen LogP contribution in [0.25, 0.3) is 0 Å². The summed E-state index contributed by atoms with van der Waals surface area (Å²) in [6.07, 6.45) is 6.92. The van der Waals surface area contributed by atoms with Gasteiger partial charge in [-0.05, 0) is 41.7 Å². The van der Waals surface area contributed by atoms with Crippen LogP contribution in [0, 0.1) is 11.7 Å². The predicted octanol–water partition coefficient (Wildman–Crippen LogP) is 6.40. The van der Waals surface area contributed by atoms with E-state index < -0.39 is 23.7 Å². The maximum Gasteiger partial charge on any atom is 0.321 e. The van der Waals surface area contributed by atoms with Crippen molar-refractivity contribution < 1.29 is 14.3 Å². The SMILES string of the molecule is O=C(O)C1NC(CC2CCCCC2)C(c2ccc(Cl)cc2)C1c1cccc(Cl)c1F. The molecular formula is C24H26Cl2FNO2. The largest absolute Gasteiger partial charge is 0.480 e. The summed E-state index contributed by atoms with van der Waals surface area (Å²) in [6.45, 7) is 0. The first kappa shape index (κ1) is 21.6. The topological polar surface area (TPSA) is 49.3 Å². The minimum absolute atomic E-state index is 0.0159. The summed E-state index contributed by atoms with van der Waals surface area (Å²) >= 11 is 12.2. The fraction of sp³-hybridized carbons (Fsp3) is 0.458. The lowest BCUT2D eigenvalue weighted by molar-refractivity contribution is -0.139. The lowest BCUT2D eigenvalue weighted by Crippen LogP contribution is -2.38. The zero-order chi connectivity index (χ0) is 21.3. The minimum atomic E-state index is -0.968. The van der Waals surface area contributed by atoms with Gasteiger partial charge in [0, 0.05) is 22.9 Å². The number of hydrogen-bond acceptors (Lipinski definition) is 2. The fourth-order valence-electron chi connectivity index (χ4n) is 5.39. The van der Waals surface area contributed by atoms with Crippen LogP contribution in [-0.4, -0.2) is 23.2 Å². The summed E-state index contributed by atoms with van der Waals surface area (Å²) in [5.41, 5.74) is 1.33. The molecule has 1 saturated carbocycles. The van der Waals surface area contributed by atoms with Gasteiger partial charge < -0.3 is 10.4 Å². The number of halogens is 3. The molecular weight excluding hydrogens is 424 g/mol. The van der Waals surface area contributed by atoms with Crippen molar-refractivity contribution >= 4 is 29.2 Å². The maximum absolute atomic E-state index is 15.1. The zero-order valence-electron chi connectivity index (χ0n) is 16.7. The highest BCUT2D eigenvalue weighted by Crippen LogP contribution is 2.47. The minimum Gasteiger partial charge on any atom is -0.480 e. The Morgan fingerprint density at radius 1 is 1.03 bits per heavy atom. The first-order valence-corrected chi connectivity index (χ1v) is 11.4. The van der Waals surface area contributed by atoms with E-state index in [2.05, 4.69) is 5.32 Å². The molecule has 2 aromatic carbocycles. The lowest BCUT2D eigenvalue weighted by atomic mass is 9.74. The maximum atomic E-state index is 15.1. The molecule has 2 aromatic rings. The van der Waals surface area contributed by atoms with E-state index in [-0.39, 0.29) is 17.0 Å². The molecule has 30 heavy (non-hydrogen) atoms. The van der Waals surface area contributed by atoms with Crippen LogP contribution in [0.1, 0.15) is 61.5 Å². The quantitative estimate of drug-likeness (QED) is 0.555. The van der Waals surface area contributed by atoms with Gasteiger partial charge in [0.25, 0.3) is 0 Å². The Labute approximate surface area is 186 Å². The third-order valence-electron chi connectivity index (χ3n) is 6.75. The average molecular weight is 450 g/mol. The average Bonchev–Trinajstić information content (AvgIpc) is 3.10. The van der Waals surface area contributed by atoms with E-state index in [1.165, 1.54) is 38.2 Å². The fourth-order valence-corrected chi connectivity index (χ4v) is 5.70. The van der Waals surface area contributed by atoms with Crippen molar-refractivity contribution in [3.8, 4) is 0 Å². The number of carbonyl (C=O) groups is 1. The lowest BCUT2D eigenvalue weighted by Gasteiger charge is -2.30. The van der Waals surface area contributed by atoms with Crippen molar-refractivity contribution in [3.05, 3.63) is 69.5 Å². The Bertz CT molecular complexity index is 899. The Morgan fingerprint density at radius 3 is 2.40 bits per heavy atom. The summed E-state index contributed by atoms with van der Waals surface area (Å²) < 4.78 is 15.1. The molecule has 2 N–H and O–H groups in total. The Morgan fingerprint density at radius 2 is 1.73 bits per heavy atom. The third kappa shape index (κ3) is 4.37. The van der Waals surface area contributed by atoms with Crippen LogP contribution in [0.2, 0.25) is 10.0 Å². The van der Waals surface area contributed by atoms with Gasteiger partial charge in [0.05, 0.1) is 5.02 Å². The van der Waals surface area contributed by atoms with E-state index >= 15 is 4.39 Å². The van der Waals surface area contributed by atoms with Crippen molar-refractivity contribution in [3.63, 3.8) is 0 Å². The van der Waals surface area contributed by atoms with Crippen LogP contribution in [0.4, 0.5) is 4.39 Å². The highest BCUT2D eigenvalue weighted by atomic mass is 35.5. The van der Waals surface area contributed by atoms with Crippen LogP contribution in [0.3, 0.4) is 0 Å². The van der Waals surface area contributed by atoms with Crippen LogP contribution in [0.5, 0.6) is 0 Å². The van der Waals surface area contributed by atoms with Gasteiger partial charge in [-0.25, -0.2) is 4.39 Å². The molecule has 6 heteroatoms. The van der Waals surface area contributed by atoms with Gasteiger partial charge in [-0.15, -0.1) is 0 Å². The number of carboxylic acids is 1. The third-order valence-corrected chi connectivity index (χ3v) is 7.29. The van der Waals surface area contributed by atoms with Crippen molar-refractivity contribution in [1.82, 2.24) is 5.32 Å². The van der Waals surface area contributed by atoms with E-state index in [0.29, 0.717) is 16.5 Å². The highest BCUT2D eigenvalue weighted by Gasteiger charge is 2.49. The Hall–Kier alpha value is -1.62. The second kappa shape index (κ2) is 9.25. The molecule has 0 amide bonds. The molecule has 1 aliphatic carbocycles. The zero-order valence-corrected chi connectivity index (χ0v) is 18.2. The van der Waals surface area contributed by atoms with Gasteiger partial charge in [-0.3, -0.25) is 4.79 Å². The molecule has 4 rings (SSSR count). The molecule has 0 spiro atoms. The normalized spacial score (nSPS) is 27.3. The van der Waals surface area contributed by atoms with E-state index in [4.69, 9.17) is 23.2 Å². The Kier molecular flexibility index (Phi) is 6.66. The summed E-state index contributed by atoms with van der Waals surface area (Å²) in [7, 11) is 0. The summed E-state index contributed by atoms with van der Waals surface area (Å²) in [5.74, 6) is -1.68. The molecule has 4 atom stereocenters. The molecule has 1 aliphatic heterocycles. The van der Waals surface area contributed by atoms with E-state index in [1.807, 2.05) is 24.3 Å². The molecule has 2 fully saturated rings. The van der Waals surface area contributed by atoms with Gasteiger partial charge in [0.15, 0.2) is 0 Å². The number of benzene rings is 2. The van der Waals surface area contributed by atoms with Gasteiger partial charge in [-0.2, -0.15) is 0 Å². The Balaban J connectivity index is 1.77. The van der Waals surface area contributed by atoms with Crippen LogP contribution in [0.15, 0.2) is 42.5 Å². The molecule has 0 bridgehead atoms. The van der Waals surface area contributed by atoms with Crippen LogP contribution >= 0.6 is 23.2 Å². The van der Waals surface area contributed by atoms with Gasteiger partial charge in [0.2, 0.25) is 0 Å². The van der Waals surface area contributed by atoms with Crippen molar-refractivity contribution in [2.45, 2.75) is 62.4 Å². The van der Waals surface area contributed by atoms with Crippen LogP contribution in [-0.2, 0) is 4.79 Å². The molecule has 4 unspecified atom stereocenters. The molecule has 3 nitrogen and oxygen atoms in total. The molecule has 0 aromatic heterocycles. The summed E-state index contributed by atoms with van der Waals surface area (Å²) in [4.78, 5) is 12.2. The van der Waals surface area contributed by atoms with E-state index in [9.17, 15) is 9.90 Å². The smallest absolute Gasteiger partial charge is 0.321 e. The van der Waals surface area contributed by atoms with Crippen molar-refractivity contribution in [1.29, 1.82) is 0 Å². The number of aliphatic carboxylic acids is 1. The molecule has 2 aliphatic rings. The van der Waals surface area contributed by atoms with E-state index in [0.717, 1.165) is 12.0 Å². The number of carboxylic acid groups (broad SMARTS) is 1. The van der Waals surface area contributed by atoms with E-state index in [1.54, 1.807) is 12.1 Å². The predicted molar refractivity (Wildman–Crippen MR) is 118 cm³/mol. The second-order valence-electron chi connectivity index (χ2n) is 8.57. The molecule has 1 heterocycles. The van der Waals surface area contributed by atoms with Gasteiger partial charge in [-0.1, -0.05) is 79.6 Å². The number of nitrogens with one attached hydrogen (secondary N) is 1. The number of hydrogen-bond donors (Lipinski definition) is 2. The molecule has 0 radical (unpaired) electrons. The van der Waals surface area contributed by atoms with Crippen molar-refractivity contribution in [2.75, 3.05) is 0 Å². The van der Waals surface area contributed by atoms with Gasteiger partial charge in [0.1, 0.15) is 11.9 Å². The molecule has 1 saturated heterocycles. The van der Waals surface area contributed by atoms with Crippen LogP contribution < -0.4 is 5.32 Å². The summed E-state index contributed by atoms with van der Waals surface area (Å²) in [6, 6.07) is 11.4. The first-order chi connectivity index (χ1) is 14.5. The second-order valence-corrected chi connectivity index (χ2v) is 9.42. The monoisotopic (exact) mass is 449 g/mol. The van der Waals surface area contributed by atoms with Gasteiger partial charge >= 0.3 is 5.97 Å². The molecule has 160 valence electrons. The van der Waals surface area contributed by atoms with Crippen molar-refractivity contribution in [2.24, 2.45) is 5.92 Å². The number of rotatable bonds is 5. The highest BCUT2D eigenvalue weighted by molar-refractivity contribution is 6.31.